The molecule has 6 rings (SSSR count). The number of H-pyrrole nitrogens is 2. The van der Waals surface area contributed by atoms with Crippen LogP contribution in [0.5, 0.6) is 0 Å². The van der Waals surface area contributed by atoms with Crippen LogP contribution in [0.1, 0.15) is 91.0 Å². The lowest BCUT2D eigenvalue weighted by atomic mass is 10.0. The van der Waals surface area contributed by atoms with Gasteiger partial charge in [-0.2, -0.15) is 0 Å². The molecule has 0 aliphatic carbocycles. The van der Waals surface area contributed by atoms with Crippen LogP contribution in [-0.4, -0.2) is 66.2 Å². The third kappa shape index (κ3) is 5.67. The summed E-state index contributed by atoms with van der Waals surface area (Å²) in [5.41, 5.74) is 4.51. The Morgan fingerprint density at radius 1 is 0.714 bits per heavy atom. The molecule has 0 radical (unpaired) electrons. The summed E-state index contributed by atoms with van der Waals surface area (Å²) in [4.78, 5) is 45.9. The average molecular weight is 573 g/mol. The monoisotopic (exact) mass is 572 g/mol. The Balaban J connectivity index is 1.24. The first kappa shape index (κ1) is 28.1. The number of carbonyl (C=O) groups excluding carboxylic acids is 2. The van der Waals surface area contributed by atoms with Gasteiger partial charge in [-0.05, 0) is 103 Å². The van der Waals surface area contributed by atoms with Crippen LogP contribution in [0.15, 0.2) is 36.4 Å². The maximum absolute atomic E-state index is 12.8. The molecule has 2 atom stereocenters. The molecule has 222 valence electrons. The molecule has 2 amide bonds. The number of imidazole rings is 2. The number of aromatic nitrogens is 4. The Morgan fingerprint density at radius 2 is 1.12 bits per heavy atom. The van der Waals surface area contributed by atoms with Crippen LogP contribution in [0.4, 0.5) is 9.59 Å². The van der Waals surface area contributed by atoms with E-state index >= 15 is 0 Å². The largest absolute Gasteiger partial charge is 0.444 e. The van der Waals surface area contributed by atoms with E-state index in [0.717, 1.165) is 70.5 Å². The first-order chi connectivity index (χ1) is 19.8. The molecule has 4 heterocycles. The minimum atomic E-state index is -0.544. The van der Waals surface area contributed by atoms with Crippen molar-refractivity contribution in [3.05, 3.63) is 48.0 Å². The van der Waals surface area contributed by atoms with Gasteiger partial charge in [0.25, 0.3) is 0 Å². The topological polar surface area (TPSA) is 116 Å². The Kier molecular flexibility index (Phi) is 6.90. The van der Waals surface area contributed by atoms with E-state index in [-0.39, 0.29) is 24.3 Å². The number of rotatable bonds is 3. The van der Waals surface area contributed by atoms with Crippen molar-refractivity contribution in [3.8, 4) is 11.1 Å². The lowest BCUT2D eigenvalue weighted by Gasteiger charge is -2.27. The first-order valence-corrected chi connectivity index (χ1v) is 14.8. The van der Waals surface area contributed by atoms with E-state index in [0.29, 0.717) is 13.1 Å². The van der Waals surface area contributed by atoms with E-state index < -0.39 is 11.2 Å². The molecule has 2 aliphatic rings. The summed E-state index contributed by atoms with van der Waals surface area (Å²) >= 11 is 0. The van der Waals surface area contributed by atoms with Crippen LogP contribution < -0.4 is 0 Å². The maximum atomic E-state index is 12.8. The van der Waals surface area contributed by atoms with Gasteiger partial charge in [-0.1, -0.05) is 12.1 Å². The van der Waals surface area contributed by atoms with Gasteiger partial charge < -0.3 is 19.4 Å². The number of hydrogen-bond donors (Lipinski definition) is 2. The van der Waals surface area contributed by atoms with Crippen molar-refractivity contribution >= 4 is 34.3 Å². The molecule has 0 saturated carbocycles. The number of aromatic amines is 2. The van der Waals surface area contributed by atoms with Crippen molar-refractivity contribution in [2.45, 2.75) is 90.5 Å². The van der Waals surface area contributed by atoms with Gasteiger partial charge in [-0.3, -0.25) is 9.80 Å². The smallest absolute Gasteiger partial charge is 0.410 e. The number of nitrogens with zero attached hydrogens (tertiary/aromatic N) is 4. The number of carbonyl (C=O) groups is 2. The van der Waals surface area contributed by atoms with Gasteiger partial charge in [-0.15, -0.1) is 0 Å². The van der Waals surface area contributed by atoms with Crippen molar-refractivity contribution in [2.75, 3.05) is 13.1 Å². The second-order valence-electron chi connectivity index (χ2n) is 13.4. The third-order valence-corrected chi connectivity index (χ3v) is 7.73. The number of nitrogens with one attached hydrogen (secondary N) is 2. The minimum Gasteiger partial charge on any atom is -0.444 e. The second kappa shape index (κ2) is 10.3. The maximum Gasteiger partial charge on any atom is 0.410 e. The molecular weight excluding hydrogens is 532 g/mol. The predicted octanol–water partition coefficient (Wildman–Crippen LogP) is 7.25. The van der Waals surface area contributed by atoms with Gasteiger partial charge in [0.2, 0.25) is 0 Å². The number of benzene rings is 2. The Bertz CT molecular complexity index is 1520. The van der Waals surface area contributed by atoms with E-state index in [1.165, 1.54) is 0 Å². The van der Waals surface area contributed by atoms with Gasteiger partial charge in [0.1, 0.15) is 22.9 Å². The number of ether oxygens (including phenoxy) is 2. The normalized spacial score (nSPS) is 19.7. The predicted molar refractivity (Wildman–Crippen MR) is 161 cm³/mol. The van der Waals surface area contributed by atoms with E-state index in [1.807, 2.05) is 53.7 Å². The van der Waals surface area contributed by atoms with Crippen LogP contribution in [-0.2, 0) is 9.47 Å². The summed E-state index contributed by atoms with van der Waals surface area (Å²) in [6.45, 7) is 12.6. The SMILES string of the molecule is CC(C)(C)OC(=O)N1CCC[C@H]1c1nc2cc(-c3ccc4[nH]c([C@@H]5CCCN5C(=O)OC(C)(C)C)nc4c3)ccc2[nH]1. The van der Waals surface area contributed by atoms with Crippen molar-refractivity contribution in [3.63, 3.8) is 0 Å². The van der Waals surface area contributed by atoms with Gasteiger partial charge in [0.05, 0.1) is 34.2 Å². The molecule has 0 bridgehead atoms. The molecular formula is C32H40N6O4. The molecule has 4 aromatic rings. The highest BCUT2D eigenvalue weighted by Crippen LogP contribution is 2.35. The van der Waals surface area contributed by atoms with Crippen LogP contribution in [0, 0.1) is 0 Å². The lowest BCUT2D eigenvalue weighted by Crippen LogP contribution is -2.36. The third-order valence-electron chi connectivity index (χ3n) is 7.73. The van der Waals surface area contributed by atoms with E-state index in [4.69, 9.17) is 19.4 Å². The van der Waals surface area contributed by atoms with Crippen LogP contribution in [0.3, 0.4) is 0 Å². The summed E-state index contributed by atoms with van der Waals surface area (Å²) in [7, 11) is 0. The molecule has 2 fully saturated rings. The fourth-order valence-electron chi connectivity index (χ4n) is 5.91. The first-order valence-electron chi connectivity index (χ1n) is 14.8. The van der Waals surface area contributed by atoms with E-state index in [9.17, 15) is 9.59 Å². The summed E-state index contributed by atoms with van der Waals surface area (Å²) in [6.07, 6.45) is 2.91. The Morgan fingerprint density at radius 3 is 1.50 bits per heavy atom. The van der Waals surface area contributed by atoms with Crippen LogP contribution in [0.2, 0.25) is 0 Å². The molecule has 0 spiro atoms. The fourth-order valence-corrected chi connectivity index (χ4v) is 5.91. The minimum absolute atomic E-state index is 0.134. The second-order valence-corrected chi connectivity index (χ2v) is 13.4. The highest BCUT2D eigenvalue weighted by Gasteiger charge is 2.36. The van der Waals surface area contributed by atoms with Crippen LogP contribution >= 0.6 is 0 Å². The molecule has 10 heteroatoms. The zero-order valence-electron chi connectivity index (χ0n) is 25.3. The molecule has 2 saturated heterocycles. The Hall–Kier alpha value is -4.08. The molecule has 2 N–H and O–H groups in total. The Labute approximate surface area is 245 Å². The summed E-state index contributed by atoms with van der Waals surface area (Å²) < 4.78 is 11.3. The zero-order valence-corrected chi connectivity index (χ0v) is 25.3. The summed E-state index contributed by atoms with van der Waals surface area (Å²) in [5.74, 6) is 1.56. The molecule has 2 aromatic heterocycles. The molecule has 2 aromatic carbocycles. The van der Waals surface area contributed by atoms with Gasteiger partial charge in [0.15, 0.2) is 0 Å². The highest BCUT2D eigenvalue weighted by molar-refractivity contribution is 5.86. The number of fused-ring (bicyclic) bond motifs is 2. The number of hydrogen-bond acceptors (Lipinski definition) is 6. The average Bonchev–Trinajstić information content (AvgIpc) is 3.69. The molecule has 42 heavy (non-hydrogen) atoms. The quantitative estimate of drug-likeness (QED) is 0.267. The van der Waals surface area contributed by atoms with Gasteiger partial charge in [0, 0.05) is 13.1 Å². The van der Waals surface area contributed by atoms with Crippen molar-refractivity contribution < 1.29 is 19.1 Å². The zero-order chi connectivity index (χ0) is 29.8. The number of amides is 2. The molecule has 0 unspecified atom stereocenters. The summed E-state index contributed by atoms with van der Waals surface area (Å²) in [6, 6.07) is 12.1. The van der Waals surface area contributed by atoms with Crippen molar-refractivity contribution in [2.24, 2.45) is 0 Å². The summed E-state index contributed by atoms with van der Waals surface area (Å²) in [5, 5.41) is 0. The van der Waals surface area contributed by atoms with Gasteiger partial charge >= 0.3 is 12.2 Å². The van der Waals surface area contributed by atoms with E-state index in [1.54, 1.807) is 9.80 Å². The molecule has 10 nitrogen and oxygen atoms in total. The number of likely N-dealkylation sites (tertiary alicyclic amines) is 2. The van der Waals surface area contributed by atoms with Crippen LogP contribution in [0.25, 0.3) is 33.2 Å². The van der Waals surface area contributed by atoms with E-state index in [2.05, 4.69) is 34.2 Å². The lowest BCUT2D eigenvalue weighted by molar-refractivity contribution is 0.0208. The van der Waals surface area contributed by atoms with Gasteiger partial charge in [-0.25, -0.2) is 19.6 Å². The fraction of sp³-hybridized carbons (Fsp3) is 0.500. The van der Waals surface area contributed by atoms with Crippen molar-refractivity contribution in [1.29, 1.82) is 0 Å². The highest BCUT2D eigenvalue weighted by atomic mass is 16.6. The molecule has 2 aliphatic heterocycles. The standard InChI is InChI=1S/C32H40N6O4/c1-31(2,3)41-29(39)37-15-7-9-25(37)27-33-21-13-11-19(17-23(21)35-27)20-12-14-22-24(18-20)36-28(34-22)26-10-8-16-38(26)30(40)42-32(4,5)6/h11-14,17-18,25-26H,7-10,15-16H2,1-6H3,(H,33,35)(H,34,36)/t25-,26-/m0/s1. The van der Waals surface area contributed by atoms with Crippen molar-refractivity contribution in [1.82, 2.24) is 29.7 Å².